The normalized spacial score (nSPS) is 11.3. The highest BCUT2D eigenvalue weighted by Crippen LogP contribution is 2.34. The molecule has 0 unspecified atom stereocenters. The van der Waals surface area contributed by atoms with Crippen LogP contribution in [0.25, 0.3) is 11.3 Å². The van der Waals surface area contributed by atoms with Gasteiger partial charge in [0.2, 0.25) is 5.91 Å². The Labute approximate surface area is 165 Å². The number of amides is 1. The highest BCUT2D eigenvalue weighted by molar-refractivity contribution is 9.10. The van der Waals surface area contributed by atoms with Crippen LogP contribution in [0.2, 0.25) is 0 Å². The lowest BCUT2D eigenvalue weighted by Gasteiger charge is -2.14. The molecule has 0 saturated carbocycles. The van der Waals surface area contributed by atoms with Crippen LogP contribution < -0.4 is 10.9 Å². The topological polar surface area (TPSA) is 64.0 Å². The van der Waals surface area contributed by atoms with Crippen LogP contribution in [0, 0.1) is 0 Å². The van der Waals surface area contributed by atoms with Crippen molar-refractivity contribution in [2.45, 2.75) is 12.7 Å². The van der Waals surface area contributed by atoms with E-state index in [1.165, 1.54) is 24.3 Å². The van der Waals surface area contributed by atoms with Crippen molar-refractivity contribution in [2.24, 2.45) is 0 Å². The second kappa shape index (κ2) is 7.97. The maximum Gasteiger partial charge on any atom is 0.418 e. The molecule has 0 aliphatic rings. The third-order valence-electron chi connectivity index (χ3n) is 3.79. The van der Waals surface area contributed by atoms with E-state index in [1.807, 2.05) is 6.07 Å². The molecular weight excluding hydrogens is 439 g/mol. The van der Waals surface area contributed by atoms with Crippen LogP contribution in [0.15, 0.2) is 69.9 Å². The van der Waals surface area contributed by atoms with Crippen molar-refractivity contribution in [3.05, 3.63) is 81.1 Å². The summed E-state index contributed by atoms with van der Waals surface area (Å²) in [6, 6.07) is 14.6. The molecule has 0 fully saturated rings. The Morgan fingerprint density at radius 2 is 1.82 bits per heavy atom. The highest BCUT2D eigenvalue weighted by atomic mass is 79.9. The molecule has 0 saturated heterocycles. The Balaban J connectivity index is 1.84. The van der Waals surface area contributed by atoms with E-state index in [1.54, 1.807) is 18.2 Å². The SMILES string of the molecule is O=C(Cn1nc(-c2cccc(Br)c2)ccc1=O)Nc1ccccc1C(F)(F)F. The minimum Gasteiger partial charge on any atom is -0.324 e. The molecule has 1 aromatic heterocycles. The van der Waals surface area contributed by atoms with Crippen molar-refractivity contribution in [1.29, 1.82) is 0 Å². The standard InChI is InChI=1S/C19H13BrF3N3O2/c20-13-5-3-4-12(10-13)15-8-9-18(28)26(25-15)11-17(27)24-16-7-2-1-6-14(16)19(21,22)23/h1-10H,11H2,(H,24,27). The molecule has 2 aromatic carbocycles. The zero-order valence-corrected chi connectivity index (χ0v) is 15.8. The van der Waals surface area contributed by atoms with E-state index in [2.05, 4.69) is 26.3 Å². The van der Waals surface area contributed by atoms with Crippen molar-refractivity contribution in [2.75, 3.05) is 5.32 Å². The van der Waals surface area contributed by atoms with Gasteiger partial charge in [0, 0.05) is 16.1 Å². The Morgan fingerprint density at radius 1 is 1.07 bits per heavy atom. The average Bonchev–Trinajstić information content (AvgIpc) is 2.63. The lowest BCUT2D eigenvalue weighted by atomic mass is 10.1. The first kappa shape index (κ1) is 19.8. The van der Waals surface area contributed by atoms with Crippen LogP contribution in [-0.4, -0.2) is 15.7 Å². The lowest BCUT2D eigenvalue weighted by Crippen LogP contribution is -2.29. The number of hydrogen-bond donors (Lipinski definition) is 1. The quantitative estimate of drug-likeness (QED) is 0.641. The van der Waals surface area contributed by atoms with Gasteiger partial charge in [0.25, 0.3) is 5.56 Å². The van der Waals surface area contributed by atoms with Gasteiger partial charge < -0.3 is 5.32 Å². The fourth-order valence-corrected chi connectivity index (χ4v) is 2.93. The van der Waals surface area contributed by atoms with Gasteiger partial charge in [-0.1, -0.05) is 40.2 Å². The molecule has 0 bridgehead atoms. The summed E-state index contributed by atoms with van der Waals surface area (Å²) in [7, 11) is 0. The smallest absolute Gasteiger partial charge is 0.324 e. The molecule has 0 aliphatic heterocycles. The minimum atomic E-state index is -4.61. The molecule has 0 atom stereocenters. The molecule has 1 heterocycles. The number of halogens is 4. The number of para-hydroxylation sites is 1. The number of nitrogens with zero attached hydrogens (tertiary/aromatic N) is 2. The van der Waals surface area contributed by atoms with Crippen molar-refractivity contribution >= 4 is 27.5 Å². The largest absolute Gasteiger partial charge is 0.418 e. The molecule has 0 radical (unpaired) electrons. The Kier molecular flexibility index (Phi) is 5.64. The van der Waals surface area contributed by atoms with E-state index >= 15 is 0 Å². The lowest BCUT2D eigenvalue weighted by molar-refractivity contribution is -0.137. The summed E-state index contributed by atoms with van der Waals surface area (Å²) in [5, 5.41) is 6.33. The summed E-state index contributed by atoms with van der Waals surface area (Å²) in [5.41, 5.74) is -0.726. The van der Waals surface area contributed by atoms with Crippen LogP contribution in [0.1, 0.15) is 5.56 Å². The number of aromatic nitrogens is 2. The van der Waals surface area contributed by atoms with Crippen LogP contribution >= 0.6 is 15.9 Å². The van der Waals surface area contributed by atoms with Crippen molar-refractivity contribution in [3.63, 3.8) is 0 Å². The first-order valence-corrected chi connectivity index (χ1v) is 8.83. The summed E-state index contributed by atoms with van der Waals surface area (Å²) < 4.78 is 40.8. The van der Waals surface area contributed by atoms with E-state index in [-0.39, 0.29) is 5.69 Å². The number of nitrogens with one attached hydrogen (secondary N) is 1. The number of rotatable bonds is 4. The van der Waals surface area contributed by atoms with Gasteiger partial charge in [-0.15, -0.1) is 0 Å². The minimum absolute atomic E-state index is 0.379. The van der Waals surface area contributed by atoms with Crippen LogP contribution in [0.4, 0.5) is 18.9 Å². The summed E-state index contributed by atoms with van der Waals surface area (Å²) in [5.74, 6) is -0.794. The summed E-state index contributed by atoms with van der Waals surface area (Å²) in [4.78, 5) is 24.2. The van der Waals surface area contributed by atoms with Gasteiger partial charge in [-0.05, 0) is 30.3 Å². The average molecular weight is 452 g/mol. The molecule has 3 rings (SSSR count). The van der Waals surface area contributed by atoms with Crippen molar-refractivity contribution in [1.82, 2.24) is 9.78 Å². The van der Waals surface area contributed by atoms with E-state index in [4.69, 9.17) is 0 Å². The molecule has 3 aromatic rings. The number of anilines is 1. The predicted octanol–water partition coefficient (Wildman–Crippen LogP) is 4.33. The molecule has 0 aliphatic carbocycles. The first-order chi connectivity index (χ1) is 13.2. The summed E-state index contributed by atoms with van der Waals surface area (Å²) in [6.07, 6.45) is -4.61. The summed E-state index contributed by atoms with van der Waals surface area (Å²) in [6.45, 7) is -0.521. The van der Waals surface area contributed by atoms with Gasteiger partial charge in [-0.2, -0.15) is 18.3 Å². The molecule has 1 amide bonds. The number of carbonyl (C=O) groups is 1. The number of hydrogen-bond acceptors (Lipinski definition) is 3. The summed E-state index contributed by atoms with van der Waals surface area (Å²) >= 11 is 3.34. The van der Waals surface area contributed by atoms with Crippen molar-refractivity contribution < 1.29 is 18.0 Å². The molecule has 5 nitrogen and oxygen atoms in total. The second-order valence-electron chi connectivity index (χ2n) is 5.82. The second-order valence-corrected chi connectivity index (χ2v) is 6.73. The third kappa shape index (κ3) is 4.66. The molecular formula is C19H13BrF3N3O2. The number of benzene rings is 2. The first-order valence-electron chi connectivity index (χ1n) is 8.04. The molecule has 28 heavy (non-hydrogen) atoms. The Bertz CT molecular complexity index is 1080. The molecule has 0 spiro atoms. The third-order valence-corrected chi connectivity index (χ3v) is 4.28. The van der Waals surface area contributed by atoms with Gasteiger partial charge in [0.05, 0.1) is 16.9 Å². The molecule has 9 heteroatoms. The Morgan fingerprint density at radius 3 is 2.54 bits per heavy atom. The maximum atomic E-state index is 13.0. The van der Waals surface area contributed by atoms with E-state index in [0.29, 0.717) is 11.3 Å². The number of carbonyl (C=O) groups excluding carboxylic acids is 1. The van der Waals surface area contributed by atoms with Gasteiger partial charge in [0.15, 0.2) is 0 Å². The monoisotopic (exact) mass is 451 g/mol. The van der Waals surface area contributed by atoms with Gasteiger partial charge in [-0.3, -0.25) is 9.59 Å². The van der Waals surface area contributed by atoms with E-state index in [9.17, 15) is 22.8 Å². The fraction of sp³-hybridized carbons (Fsp3) is 0.105. The zero-order chi connectivity index (χ0) is 20.3. The van der Waals surface area contributed by atoms with Crippen LogP contribution in [0.5, 0.6) is 0 Å². The fourth-order valence-electron chi connectivity index (χ4n) is 2.53. The maximum absolute atomic E-state index is 13.0. The van der Waals surface area contributed by atoms with Gasteiger partial charge in [-0.25, -0.2) is 4.68 Å². The predicted molar refractivity (Wildman–Crippen MR) is 102 cm³/mol. The van der Waals surface area contributed by atoms with E-state index < -0.39 is 29.8 Å². The van der Waals surface area contributed by atoms with Crippen LogP contribution in [-0.2, 0) is 17.5 Å². The van der Waals surface area contributed by atoms with Crippen LogP contribution in [0.3, 0.4) is 0 Å². The number of alkyl halides is 3. The Hall–Kier alpha value is -2.94. The van der Waals surface area contributed by atoms with E-state index in [0.717, 1.165) is 21.3 Å². The zero-order valence-electron chi connectivity index (χ0n) is 14.2. The van der Waals surface area contributed by atoms with Gasteiger partial charge >= 0.3 is 6.18 Å². The highest BCUT2D eigenvalue weighted by Gasteiger charge is 2.33. The molecule has 144 valence electrons. The van der Waals surface area contributed by atoms with Gasteiger partial charge in [0.1, 0.15) is 6.54 Å². The van der Waals surface area contributed by atoms with Crippen molar-refractivity contribution in [3.8, 4) is 11.3 Å². The molecule has 1 N–H and O–H groups in total.